The van der Waals surface area contributed by atoms with E-state index < -0.39 is 0 Å². The number of hydrogen-bond acceptors (Lipinski definition) is 3. The molecule has 1 N–H and O–H groups in total. The molecule has 4 nitrogen and oxygen atoms in total. The van der Waals surface area contributed by atoms with Crippen LogP contribution in [-0.4, -0.2) is 43.3 Å². The van der Waals surface area contributed by atoms with E-state index in [1.165, 1.54) is 0 Å². The van der Waals surface area contributed by atoms with Crippen LogP contribution in [0.5, 0.6) is 0 Å². The Morgan fingerprint density at radius 2 is 2.50 bits per heavy atom. The summed E-state index contributed by atoms with van der Waals surface area (Å²) in [6, 6.07) is 0. The molecular weight excluding hydrogens is 180 g/mol. The number of cyclic esters (lactones) is 1. The normalized spacial score (nSPS) is 32.4. The van der Waals surface area contributed by atoms with Gasteiger partial charge in [-0.25, -0.2) is 4.79 Å². The molecule has 2 atom stereocenters. The summed E-state index contributed by atoms with van der Waals surface area (Å²) in [4.78, 5) is 13.2. The molecule has 14 heavy (non-hydrogen) atoms. The van der Waals surface area contributed by atoms with Crippen molar-refractivity contribution in [3.8, 4) is 0 Å². The molecule has 0 aromatic rings. The first-order chi connectivity index (χ1) is 6.81. The molecule has 2 aliphatic rings. The molecule has 2 heterocycles. The van der Waals surface area contributed by atoms with Crippen LogP contribution >= 0.6 is 0 Å². The van der Waals surface area contributed by atoms with E-state index in [0.29, 0.717) is 5.92 Å². The van der Waals surface area contributed by atoms with Gasteiger partial charge in [0, 0.05) is 19.0 Å². The zero-order valence-electron chi connectivity index (χ0n) is 8.66. The van der Waals surface area contributed by atoms with E-state index in [2.05, 4.69) is 12.2 Å². The monoisotopic (exact) mass is 198 g/mol. The maximum Gasteiger partial charge on any atom is 0.410 e. The second-order valence-corrected chi connectivity index (χ2v) is 4.12. The minimum atomic E-state index is -0.122. The summed E-state index contributed by atoms with van der Waals surface area (Å²) in [5, 5.41) is 3.30. The SMILES string of the molecule is CCCN1CC(C2CCNC2)OC1=O. The number of carbonyl (C=O) groups is 1. The molecule has 80 valence electrons. The largest absolute Gasteiger partial charge is 0.444 e. The first-order valence-electron chi connectivity index (χ1n) is 5.47. The molecule has 0 bridgehead atoms. The van der Waals surface area contributed by atoms with E-state index in [4.69, 9.17) is 4.74 Å². The molecule has 2 aliphatic heterocycles. The highest BCUT2D eigenvalue weighted by molar-refractivity contribution is 5.69. The number of nitrogens with one attached hydrogen (secondary N) is 1. The van der Waals surface area contributed by atoms with Crippen LogP contribution < -0.4 is 5.32 Å². The summed E-state index contributed by atoms with van der Waals surface area (Å²) in [7, 11) is 0. The van der Waals surface area contributed by atoms with Crippen molar-refractivity contribution in [3.05, 3.63) is 0 Å². The molecule has 0 saturated carbocycles. The van der Waals surface area contributed by atoms with Crippen LogP contribution in [0.2, 0.25) is 0 Å². The number of carbonyl (C=O) groups excluding carboxylic acids is 1. The Morgan fingerprint density at radius 1 is 1.64 bits per heavy atom. The lowest BCUT2D eigenvalue weighted by Gasteiger charge is -2.15. The van der Waals surface area contributed by atoms with Gasteiger partial charge < -0.3 is 15.0 Å². The highest BCUT2D eigenvalue weighted by Crippen LogP contribution is 2.22. The average Bonchev–Trinajstić information content (AvgIpc) is 2.76. The Hall–Kier alpha value is -0.770. The van der Waals surface area contributed by atoms with Crippen molar-refractivity contribution in [1.29, 1.82) is 0 Å². The smallest absolute Gasteiger partial charge is 0.410 e. The molecular formula is C10H18N2O2. The van der Waals surface area contributed by atoms with Crippen molar-refractivity contribution in [3.63, 3.8) is 0 Å². The number of nitrogens with zero attached hydrogens (tertiary/aromatic N) is 1. The highest BCUT2D eigenvalue weighted by Gasteiger charge is 2.36. The minimum Gasteiger partial charge on any atom is -0.444 e. The first-order valence-corrected chi connectivity index (χ1v) is 5.47. The minimum absolute atomic E-state index is 0.122. The van der Waals surface area contributed by atoms with Crippen LogP contribution in [0.25, 0.3) is 0 Å². The van der Waals surface area contributed by atoms with E-state index in [1.54, 1.807) is 0 Å². The van der Waals surface area contributed by atoms with Crippen molar-refractivity contribution in [2.24, 2.45) is 5.92 Å². The van der Waals surface area contributed by atoms with Gasteiger partial charge in [0.25, 0.3) is 0 Å². The van der Waals surface area contributed by atoms with Gasteiger partial charge in [-0.1, -0.05) is 6.92 Å². The van der Waals surface area contributed by atoms with Gasteiger partial charge in [0.05, 0.1) is 6.54 Å². The number of amides is 1. The Morgan fingerprint density at radius 3 is 3.14 bits per heavy atom. The van der Waals surface area contributed by atoms with E-state index in [1.807, 2.05) is 4.90 Å². The summed E-state index contributed by atoms with van der Waals surface area (Å²) >= 11 is 0. The van der Waals surface area contributed by atoms with Crippen molar-refractivity contribution >= 4 is 6.09 Å². The van der Waals surface area contributed by atoms with Gasteiger partial charge in [-0.15, -0.1) is 0 Å². The first kappa shape index (κ1) is 9.77. The third-order valence-electron chi connectivity index (χ3n) is 3.03. The fourth-order valence-corrected chi connectivity index (χ4v) is 2.23. The van der Waals surface area contributed by atoms with Gasteiger partial charge in [-0.2, -0.15) is 0 Å². The van der Waals surface area contributed by atoms with Crippen molar-refractivity contribution in [2.75, 3.05) is 26.2 Å². The van der Waals surface area contributed by atoms with Gasteiger partial charge in [0.2, 0.25) is 0 Å². The van der Waals surface area contributed by atoms with E-state index in [-0.39, 0.29) is 12.2 Å². The van der Waals surface area contributed by atoms with Crippen LogP contribution in [0, 0.1) is 5.92 Å². The summed E-state index contributed by atoms with van der Waals surface area (Å²) in [5.41, 5.74) is 0. The molecule has 2 rings (SSSR count). The van der Waals surface area contributed by atoms with Crippen LogP contribution in [0.4, 0.5) is 4.79 Å². The Labute approximate surface area is 84.6 Å². The predicted octanol–water partition coefficient (Wildman–Crippen LogP) is 0.827. The fourth-order valence-electron chi connectivity index (χ4n) is 2.23. The maximum atomic E-state index is 11.4. The summed E-state index contributed by atoms with van der Waals surface area (Å²) in [6.07, 6.45) is 2.15. The zero-order chi connectivity index (χ0) is 9.97. The molecule has 0 aromatic heterocycles. The molecule has 1 amide bonds. The molecule has 4 heteroatoms. The Kier molecular flexibility index (Phi) is 2.91. The topological polar surface area (TPSA) is 41.6 Å². The summed E-state index contributed by atoms with van der Waals surface area (Å²) in [6.45, 7) is 5.76. The lowest BCUT2D eigenvalue weighted by atomic mass is 10.0. The van der Waals surface area contributed by atoms with Crippen molar-refractivity contribution < 1.29 is 9.53 Å². The average molecular weight is 198 g/mol. The quantitative estimate of drug-likeness (QED) is 0.730. The molecule has 2 saturated heterocycles. The number of ether oxygens (including phenoxy) is 1. The molecule has 0 spiro atoms. The van der Waals surface area contributed by atoms with Gasteiger partial charge in [0.15, 0.2) is 0 Å². The van der Waals surface area contributed by atoms with Gasteiger partial charge in [0.1, 0.15) is 6.10 Å². The van der Waals surface area contributed by atoms with E-state index >= 15 is 0 Å². The second-order valence-electron chi connectivity index (χ2n) is 4.12. The molecule has 0 aromatic carbocycles. The summed E-state index contributed by atoms with van der Waals surface area (Å²) in [5.74, 6) is 0.529. The van der Waals surface area contributed by atoms with Gasteiger partial charge in [-0.3, -0.25) is 0 Å². The Balaban J connectivity index is 1.88. The highest BCUT2D eigenvalue weighted by atomic mass is 16.6. The third kappa shape index (κ3) is 1.85. The second kappa shape index (κ2) is 4.17. The zero-order valence-corrected chi connectivity index (χ0v) is 8.66. The van der Waals surface area contributed by atoms with Crippen molar-refractivity contribution in [1.82, 2.24) is 10.2 Å². The van der Waals surface area contributed by atoms with Crippen molar-refractivity contribution in [2.45, 2.75) is 25.9 Å². The van der Waals surface area contributed by atoms with Crippen LogP contribution in [0.15, 0.2) is 0 Å². The number of hydrogen-bond donors (Lipinski definition) is 1. The predicted molar refractivity (Wildman–Crippen MR) is 53.1 cm³/mol. The van der Waals surface area contributed by atoms with Gasteiger partial charge in [-0.05, 0) is 19.4 Å². The van der Waals surface area contributed by atoms with Gasteiger partial charge >= 0.3 is 6.09 Å². The lowest BCUT2D eigenvalue weighted by Crippen LogP contribution is -2.29. The summed E-state index contributed by atoms with van der Waals surface area (Å²) < 4.78 is 5.36. The molecule has 2 fully saturated rings. The van der Waals surface area contributed by atoms with E-state index in [9.17, 15) is 4.79 Å². The lowest BCUT2D eigenvalue weighted by molar-refractivity contribution is 0.108. The molecule has 0 radical (unpaired) electrons. The fraction of sp³-hybridized carbons (Fsp3) is 0.900. The van der Waals surface area contributed by atoms with Crippen LogP contribution in [0.1, 0.15) is 19.8 Å². The standard InChI is InChI=1S/C10H18N2O2/c1-2-5-12-7-9(14-10(12)13)8-3-4-11-6-8/h8-9,11H,2-7H2,1H3. The molecule has 2 unspecified atom stereocenters. The third-order valence-corrected chi connectivity index (χ3v) is 3.03. The Bertz CT molecular complexity index is 214. The van der Waals surface area contributed by atoms with E-state index in [0.717, 1.165) is 39.0 Å². The van der Waals surface area contributed by atoms with Crippen LogP contribution in [-0.2, 0) is 4.74 Å². The van der Waals surface area contributed by atoms with Crippen LogP contribution in [0.3, 0.4) is 0 Å². The number of rotatable bonds is 3. The molecule has 0 aliphatic carbocycles. The maximum absolute atomic E-state index is 11.4.